The Morgan fingerprint density at radius 3 is 2.53 bits per heavy atom. The molecule has 0 saturated carbocycles. The molecule has 3 N–H and O–H groups in total. The molecule has 0 unspecified atom stereocenters. The van der Waals surface area contributed by atoms with Crippen LogP contribution in [-0.4, -0.2) is 39.0 Å². The van der Waals surface area contributed by atoms with E-state index < -0.39 is 23.7 Å². The smallest absolute Gasteiger partial charge is 0.416 e. The minimum Gasteiger partial charge on any atom is -0.464 e. The summed E-state index contributed by atoms with van der Waals surface area (Å²) in [6.07, 6.45) is -3.42. The summed E-state index contributed by atoms with van der Waals surface area (Å²) in [5.74, 6) is -1.70. The van der Waals surface area contributed by atoms with Crippen molar-refractivity contribution >= 4 is 28.7 Å². The molecule has 0 bridgehead atoms. The van der Waals surface area contributed by atoms with Gasteiger partial charge in [-0.05, 0) is 30.3 Å². The Balaban J connectivity index is 1.49. The number of nitrogens with zero attached hydrogens (tertiary/aromatic N) is 3. The first kappa shape index (κ1) is 22.5. The molecule has 0 atom stereocenters. The lowest BCUT2D eigenvalue weighted by atomic mass is 10.2. The van der Waals surface area contributed by atoms with Crippen molar-refractivity contribution in [2.75, 3.05) is 12.8 Å². The zero-order valence-corrected chi connectivity index (χ0v) is 17.2. The monoisotopic (exact) mass is 473 g/mol. The third-order valence-electron chi connectivity index (χ3n) is 4.45. The van der Waals surface area contributed by atoms with Crippen LogP contribution in [0, 0.1) is 0 Å². The minimum atomic E-state index is -4.54. The zero-order chi connectivity index (χ0) is 24.5. The van der Waals surface area contributed by atoms with Crippen molar-refractivity contribution < 1.29 is 37.0 Å². The predicted octanol–water partition coefficient (Wildman–Crippen LogP) is 3.75. The second-order valence-electron chi connectivity index (χ2n) is 6.74. The molecule has 34 heavy (non-hydrogen) atoms. The van der Waals surface area contributed by atoms with Crippen molar-refractivity contribution in [2.24, 2.45) is 0 Å². The predicted molar refractivity (Wildman–Crippen MR) is 110 cm³/mol. The number of hydrogen-bond donors (Lipinski definition) is 2. The van der Waals surface area contributed by atoms with Gasteiger partial charge in [0.2, 0.25) is 11.7 Å². The molecule has 0 spiro atoms. The summed E-state index contributed by atoms with van der Waals surface area (Å²) in [4.78, 5) is 38.1. The van der Waals surface area contributed by atoms with Crippen LogP contribution in [0.4, 0.5) is 18.9 Å². The lowest BCUT2D eigenvalue weighted by molar-refractivity contribution is -0.137. The van der Waals surface area contributed by atoms with Gasteiger partial charge in [-0.2, -0.15) is 13.2 Å². The summed E-state index contributed by atoms with van der Waals surface area (Å²) in [7, 11) is 1.21. The van der Waals surface area contributed by atoms with E-state index in [4.69, 9.17) is 15.2 Å². The van der Waals surface area contributed by atoms with Crippen LogP contribution in [0.25, 0.3) is 11.0 Å². The first-order valence-electron chi connectivity index (χ1n) is 9.41. The summed E-state index contributed by atoms with van der Waals surface area (Å²) in [5, 5.41) is 0. The Morgan fingerprint density at radius 2 is 1.82 bits per heavy atom. The molecular formula is C21H14F3N5O5. The third-order valence-corrected chi connectivity index (χ3v) is 4.45. The van der Waals surface area contributed by atoms with Gasteiger partial charge in [-0.1, -0.05) is 0 Å². The van der Waals surface area contributed by atoms with E-state index in [1.807, 2.05) is 0 Å². The van der Waals surface area contributed by atoms with Gasteiger partial charge in [0.1, 0.15) is 12.1 Å². The molecule has 4 aromatic rings. The number of rotatable bonds is 5. The van der Waals surface area contributed by atoms with E-state index in [0.29, 0.717) is 0 Å². The number of aromatic nitrogens is 4. The lowest BCUT2D eigenvalue weighted by Crippen LogP contribution is -2.11. The number of nitrogen functional groups attached to an aromatic ring is 1. The number of anilines is 1. The number of H-pyrrole nitrogens is 1. The largest absolute Gasteiger partial charge is 0.464 e. The van der Waals surface area contributed by atoms with Gasteiger partial charge < -0.3 is 24.9 Å². The van der Waals surface area contributed by atoms with Gasteiger partial charge in [-0.25, -0.2) is 24.5 Å². The molecule has 2 aromatic carbocycles. The first-order chi connectivity index (χ1) is 16.1. The number of alkyl halides is 3. The number of aromatic amines is 1. The molecule has 2 aromatic heterocycles. The molecule has 13 heteroatoms. The number of fused-ring (bicyclic) bond motifs is 1. The summed E-state index contributed by atoms with van der Waals surface area (Å²) < 4.78 is 53.9. The van der Waals surface area contributed by atoms with Crippen molar-refractivity contribution in [3.63, 3.8) is 0 Å². The Morgan fingerprint density at radius 1 is 1.03 bits per heavy atom. The first-order valence-corrected chi connectivity index (χ1v) is 9.41. The Bertz CT molecular complexity index is 1400. The Hall–Kier alpha value is -4.68. The number of ether oxygens (including phenoxy) is 3. The number of hydrogen-bond acceptors (Lipinski definition) is 9. The topological polar surface area (TPSA) is 142 Å². The molecular weight excluding hydrogens is 459 g/mol. The van der Waals surface area contributed by atoms with Crippen LogP contribution in [0.1, 0.15) is 26.7 Å². The van der Waals surface area contributed by atoms with E-state index in [0.717, 1.165) is 24.5 Å². The van der Waals surface area contributed by atoms with Crippen molar-refractivity contribution in [1.82, 2.24) is 19.9 Å². The number of carbonyl (C=O) groups is 2. The van der Waals surface area contributed by atoms with Crippen molar-refractivity contribution in [1.29, 1.82) is 0 Å². The second-order valence-corrected chi connectivity index (χ2v) is 6.74. The van der Waals surface area contributed by atoms with Crippen LogP contribution in [0.2, 0.25) is 0 Å². The number of benzene rings is 2. The highest BCUT2D eigenvalue weighted by Gasteiger charge is 2.31. The molecule has 4 rings (SSSR count). The van der Waals surface area contributed by atoms with Gasteiger partial charge in [-0.3, -0.25) is 0 Å². The van der Waals surface area contributed by atoms with Gasteiger partial charge in [0, 0.05) is 12.1 Å². The Labute approximate surface area is 188 Å². The maximum absolute atomic E-state index is 12.9. The van der Waals surface area contributed by atoms with Gasteiger partial charge in [-0.15, -0.1) is 0 Å². The third kappa shape index (κ3) is 4.72. The number of nitrogens with one attached hydrogen (secondary N) is 1. The van der Waals surface area contributed by atoms with Gasteiger partial charge >= 0.3 is 18.1 Å². The molecule has 0 aliphatic carbocycles. The molecule has 10 nitrogen and oxygen atoms in total. The minimum absolute atomic E-state index is 0.0146. The van der Waals surface area contributed by atoms with E-state index >= 15 is 0 Å². The summed E-state index contributed by atoms with van der Waals surface area (Å²) in [5.41, 5.74) is 5.23. The fourth-order valence-electron chi connectivity index (χ4n) is 2.85. The highest BCUT2D eigenvalue weighted by atomic mass is 19.4. The number of halogens is 3. The average Bonchev–Trinajstić information content (AvgIpc) is 3.23. The SMILES string of the molecule is COC(=O)c1cc(Oc2ccc(OC(=O)c3nc4ccc(C(F)(F)F)cc4[nH]3)c(N)c2)ncn1. The van der Waals surface area contributed by atoms with Crippen LogP contribution >= 0.6 is 0 Å². The molecule has 0 aliphatic heterocycles. The van der Waals surface area contributed by atoms with Gasteiger partial charge in [0.05, 0.1) is 29.4 Å². The van der Waals surface area contributed by atoms with Crippen molar-refractivity contribution in [2.45, 2.75) is 6.18 Å². The summed E-state index contributed by atoms with van der Waals surface area (Å²) in [6.45, 7) is 0. The molecule has 0 fully saturated rings. The van der Waals surface area contributed by atoms with E-state index in [1.165, 1.54) is 31.4 Å². The maximum Gasteiger partial charge on any atom is 0.416 e. The maximum atomic E-state index is 12.9. The fraction of sp³-hybridized carbons (Fsp3) is 0.0952. The molecule has 0 saturated heterocycles. The zero-order valence-electron chi connectivity index (χ0n) is 17.2. The van der Waals surface area contributed by atoms with Crippen LogP contribution in [0.15, 0.2) is 48.8 Å². The average molecular weight is 473 g/mol. The van der Waals surface area contributed by atoms with Crippen LogP contribution in [-0.2, 0) is 10.9 Å². The molecule has 0 radical (unpaired) electrons. The molecule has 0 amide bonds. The number of methoxy groups -OCH3 is 1. The van der Waals surface area contributed by atoms with E-state index in [9.17, 15) is 22.8 Å². The highest BCUT2D eigenvalue weighted by Crippen LogP contribution is 2.32. The van der Waals surface area contributed by atoms with Gasteiger partial charge in [0.15, 0.2) is 11.4 Å². The van der Waals surface area contributed by atoms with Crippen LogP contribution < -0.4 is 15.2 Å². The fourth-order valence-corrected chi connectivity index (χ4v) is 2.85. The van der Waals surface area contributed by atoms with Crippen LogP contribution in [0.5, 0.6) is 17.4 Å². The molecule has 174 valence electrons. The Kier molecular flexibility index (Phi) is 5.75. The summed E-state index contributed by atoms with van der Waals surface area (Å²) >= 11 is 0. The molecule has 0 aliphatic rings. The van der Waals surface area contributed by atoms with Crippen molar-refractivity contribution in [3.05, 3.63) is 65.9 Å². The van der Waals surface area contributed by atoms with Crippen LogP contribution in [0.3, 0.4) is 0 Å². The van der Waals surface area contributed by atoms with E-state index in [1.54, 1.807) is 0 Å². The molecule has 2 heterocycles. The normalized spacial score (nSPS) is 11.3. The number of carbonyl (C=O) groups excluding carboxylic acids is 2. The second kappa shape index (κ2) is 8.69. The van der Waals surface area contributed by atoms with E-state index in [2.05, 4.69) is 24.7 Å². The standard InChI is InChI=1S/C21H14F3N5O5/c1-32-19(30)15-8-17(27-9-26-15)33-11-3-5-16(12(25)7-11)34-20(31)18-28-13-4-2-10(21(22,23)24)6-14(13)29-18/h2-9H,25H2,1H3,(H,28,29). The quantitative estimate of drug-likeness (QED) is 0.252. The number of esters is 2. The highest BCUT2D eigenvalue weighted by molar-refractivity contribution is 5.92. The number of nitrogens with two attached hydrogens (primary N) is 1. The number of imidazole rings is 1. The van der Waals surface area contributed by atoms with Gasteiger partial charge in [0.25, 0.3) is 0 Å². The summed E-state index contributed by atoms with van der Waals surface area (Å²) in [6, 6.07) is 8.23. The lowest BCUT2D eigenvalue weighted by Gasteiger charge is -2.09. The van der Waals surface area contributed by atoms with Crippen molar-refractivity contribution in [3.8, 4) is 17.4 Å². The van der Waals surface area contributed by atoms with E-state index in [-0.39, 0.29) is 45.6 Å².